The van der Waals surface area contributed by atoms with E-state index in [0.717, 1.165) is 0 Å². The lowest BCUT2D eigenvalue weighted by Gasteiger charge is -2.05. The highest BCUT2D eigenvalue weighted by Crippen LogP contribution is 2.15. The summed E-state index contributed by atoms with van der Waals surface area (Å²) in [5.74, 6) is -0.336. The van der Waals surface area contributed by atoms with Crippen LogP contribution in [0.25, 0.3) is 0 Å². The maximum absolute atomic E-state index is 11.7. The summed E-state index contributed by atoms with van der Waals surface area (Å²) in [6.45, 7) is 0. The summed E-state index contributed by atoms with van der Waals surface area (Å²) in [5, 5.41) is 3.74. The van der Waals surface area contributed by atoms with Gasteiger partial charge in [0.05, 0.1) is 11.4 Å². The van der Waals surface area contributed by atoms with Crippen molar-refractivity contribution in [2.75, 3.05) is 16.9 Å². The minimum atomic E-state index is -0.336. The van der Waals surface area contributed by atoms with Crippen molar-refractivity contribution < 1.29 is 4.79 Å². The summed E-state index contributed by atoms with van der Waals surface area (Å²) in [6.07, 6.45) is 2.69. The number of nitrogens with two attached hydrogens (primary N) is 2. The molecule has 0 radical (unpaired) electrons. The zero-order valence-electron chi connectivity index (χ0n) is 8.29. The molecule has 0 atom stereocenters. The molecule has 0 aliphatic carbocycles. The highest BCUT2D eigenvalue weighted by Gasteiger charge is 2.07. The largest absolute Gasteiger partial charge is 0.397 e. The Labute approximate surface area is 91.0 Å². The Balaban J connectivity index is 2.18. The van der Waals surface area contributed by atoms with Crippen molar-refractivity contribution in [3.8, 4) is 0 Å². The van der Waals surface area contributed by atoms with Crippen molar-refractivity contribution in [1.29, 1.82) is 0 Å². The topological polar surface area (TPSA) is 112 Å². The van der Waals surface area contributed by atoms with Crippen molar-refractivity contribution in [3.63, 3.8) is 0 Å². The molecule has 5 N–H and O–H groups in total. The average Bonchev–Trinajstić information content (AvgIpc) is 2.74. The molecular formula is C9H10N6O. The number of benzene rings is 1. The molecule has 7 heteroatoms. The number of nitrogens with one attached hydrogen (secondary N) is 1. The van der Waals surface area contributed by atoms with Gasteiger partial charge >= 0.3 is 0 Å². The molecule has 1 heterocycles. The van der Waals surface area contributed by atoms with Gasteiger partial charge in [-0.05, 0) is 18.2 Å². The third-order valence-corrected chi connectivity index (χ3v) is 1.98. The lowest BCUT2D eigenvalue weighted by molar-refractivity contribution is 0.100. The Morgan fingerprint density at radius 3 is 2.75 bits per heavy atom. The van der Waals surface area contributed by atoms with Gasteiger partial charge in [0, 0.05) is 5.56 Å². The molecule has 1 aromatic carbocycles. The molecule has 16 heavy (non-hydrogen) atoms. The molecular weight excluding hydrogens is 208 g/mol. The van der Waals surface area contributed by atoms with Gasteiger partial charge in [0.1, 0.15) is 12.7 Å². The minimum Gasteiger partial charge on any atom is -0.397 e. The van der Waals surface area contributed by atoms with E-state index in [1.165, 1.54) is 23.5 Å². The Morgan fingerprint density at radius 2 is 2.12 bits per heavy atom. The van der Waals surface area contributed by atoms with Gasteiger partial charge in [-0.15, -0.1) is 5.10 Å². The predicted octanol–water partition coefficient (Wildman–Crippen LogP) is -0.174. The first kappa shape index (κ1) is 9.97. The van der Waals surface area contributed by atoms with E-state index in [2.05, 4.69) is 15.5 Å². The fourth-order valence-corrected chi connectivity index (χ4v) is 1.15. The van der Waals surface area contributed by atoms with E-state index in [9.17, 15) is 4.79 Å². The number of anilines is 2. The van der Waals surface area contributed by atoms with E-state index in [-0.39, 0.29) is 5.91 Å². The number of hydrogen-bond acceptors (Lipinski definition) is 5. The van der Waals surface area contributed by atoms with Crippen molar-refractivity contribution >= 4 is 17.3 Å². The fourth-order valence-electron chi connectivity index (χ4n) is 1.15. The lowest BCUT2D eigenvalue weighted by atomic mass is 10.1. The van der Waals surface area contributed by atoms with Crippen molar-refractivity contribution in [3.05, 3.63) is 36.4 Å². The monoisotopic (exact) mass is 218 g/mol. The standard InChI is InChI=1S/C9H10N6O/c10-7-2-1-6(3-8(7)11)9(16)14-15-5-12-4-13-15/h1-5H,10-11H2,(H,14,16). The van der Waals surface area contributed by atoms with Crippen LogP contribution in [0.3, 0.4) is 0 Å². The van der Waals surface area contributed by atoms with E-state index in [1.54, 1.807) is 12.1 Å². The van der Waals surface area contributed by atoms with Crippen LogP contribution < -0.4 is 16.9 Å². The van der Waals surface area contributed by atoms with Crippen LogP contribution in [0.2, 0.25) is 0 Å². The first-order valence-corrected chi connectivity index (χ1v) is 4.48. The maximum atomic E-state index is 11.7. The molecule has 0 aliphatic heterocycles. The van der Waals surface area contributed by atoms with E-state index >= 15 is 0 Å². The molecule has 0 spiro atoms. The summed E-state index contributed by atoms with van der Waals surface area (Å²) >= 11 is 0. The highest BCUT2D eigenvalue weighted by molar-refractivity contribution is 6.01. The summed E-state index contributed by atoms with van der Waals surface area (Å²) in [5.41, 5.74) is 14.8. The van der Waals surface area contributed by atoms with Crippen molar-refractivity contribution in [2.45, 2.75) is 0 Å². The van der Waals surface area contributed by atoms with E-state index in [0.29, 0.717) is 16.9 Å². The molecule has 2 rings (SSSR count). The first-order chi connectivity index (χ1) is 7.66. The summed E-state index contributed by atoms with van der Waals surface area (Å²) < 4.78 is 0. The normalized spacial score (nSPS) is 10.0. The molecule has 0 saturated heterocycles. The van der Waals surface area contributed by atoms with Gasteiger partial charge in [-0.25, -0.2) is 10.4 Å². The zero-order valence-corrected chi connectivity index (χ0v) is 8.29. The number of carbonyl (C=O) groups excluding carboxylic acids is 1. The second-order valence-corrected chi connectivity index (χ2v) is 3.12. The predicted molar refractivity (Wildman–Crippen MR) is 59.0 cm³/mol. The van der Waals surface area contributed by atoms with Gasteiger partial charge in [-0.1, -0.05) is 0 Å². The third-order valence-electron chi connectivity index (χ3n) is 1.98. The van der Waals surface area contributed by atoms with Gasteiger partial charge in [0.15, 0.2) is 0 Å². The number of amides is 1. The summed E-state index contributed by atoms with van der Waals surface area (Å²) in [4.78, 5) is 16.6. The number of nitrogen functional groups attached to an aromatic ring is 2. The van der Waals surface area contributed by atoms with Crippen LogP contribution >= 0.6 is 0 Å². The van der Waals surface area contributed by atoms with Crippen LogP contribution in [0.5, 0.6) is 0 Å². The highest BCUT2D eigenvalue weighted by atomic mass is 16.2. The second-order valence-electron chi connectivity index (χ2n) is 3.12. The van der Waals surface area contributed by atoms with Gasteiger partial charge in [-0.3, -0.25) is 4.79 Å². The number of aromatic nitrogens is 3. The van der Waals surface area contributed by atoms with E-state index < -0.39 is 0 Å². The van der Waals surface area contributed by atoms with Crippen molar-refractivity contribution in [2.24, 2.45) is 0 Å². The molecule has 2 aromatic rings. The smallest absolute Gasteiger partial charge is 0.271 e. The molecule has 0 bridgehead atoms. The maximum Gasteiger partial charge on any atom is 0.271 e. The van der Waals surface area contributed by atoms with E-state index in [4.69, 9.17) is 11.5 Å². The van der Waals surface area contributed by atoms with Crippen LogP contribution in [-0.4, -0.2) is 20.8 Å². The molecule has 1 amide bonds. The lowest BCUT2D eigenvalue weighted by Crippen LogP contribution is -2.23. The third kappa shape index (κ3) is 1.92. The molecule has 0 aliphatic rings. The molecule has 7 nitrogen and oxygen atoms in total. The Bertz CT molecular complexity index is 507. The van der Waals surface area contributed by atoms with Crippen LogP contribution in [0.4, 0.5) is 11.4 Å². The van der Waals surface area contributed by atoms with Crippen LogP contribution in [-0.2, 0) is 0 Å². The fraction of sp³-hybridized carbons (Fsp3) is 0. The molecule has 0 fully saturated rings. The molecule has 1 aromatic heterocycles. The van der Waals surface area contributed by atoms with Gasteiger partial charge in [0.25, 0.3) is 5.91 Å². The molecule has 0 saturated carbocycles. The second kappa shape index (κ2) is 3.89. The number of carbonyl (C=O) groups is 1. The summed E-state index contributed by atoms with van der Waals surface area (Å²) in [6, 6.07) is 4.66. The molecule has 82 valence electrons. The quantitative estimate of drug-likeness (QED) is 0.605. The number of nitrogens with zero attached hydrogens (tertiary/aromatic N) is 3. The van der Waals surface area contributed by atoms with Gasteiger partial charge in [-0.2, -0.15) is 4.79 Å². The minimum absolute atomic E-state index is 0.336. The average molecular weight is 218 g/mol. The number of hydrogen-bond donors (Lipinski definition) is 3. The Hall–Kier alpha value is -2.57. The van der Waals surface area contributed by atoms with Crippen LogP contribution in [0, 0.1) is 0 Å². The van der Waals surface area contributed by atoms with Crippen LogP contribution in [0.15, 0.2) is 30.9 Å². The van der Waals surface area contributed by atoms with Crippen LogP contribution in [0.1, 0.15) is 10.4 Å². The Morgan fingerprint density at radius 1 is 1.31 bits per heavy atom. The van der Waals surface area contributed by atoms with Gasteiger partial charge < -0.3 is 11.5 Å². The zero-order chi connectivity index (χ0) is 11.5. The molecule has 0 unspecified atom stereocenters. The van der Waals surface area contributed by atoms with E-state index in [1.807, 2.05) is 0 Å². The Kier molecular flexibility index (Phi) is 2.42. The SMILES string of the molecule is Nc1ccc(C(=O)Nn2cncn2)cc1N. The number of rotatable bonds is 2. The first-order valence-electron chi connectivity index (χ1n) is 4.48. The van der Waals surface area contributed by atoms with Gasteiger partial charge in [0.2, 0.25) is 0 Å². The van der Waals surface area contributed by atoms with Crippen molar-refractivity contribution in [1.82, 2.24) is 14.9 Å². The summed E-state index contributed by atoms with van der Waals surface area (Å²) in [7, 11) is 0.